The van der Waals surface area contributed by atoms with Gasteiger partial charge < -0.3 is 10.1 Å². The molecule has 0 saturated carbocycles. The van der Waals surface area contributed by atoms with Gasteiger partial charge in [-0.2, -0.15) is 0 Å². The maximum absolute atomic E-state index is 6.46. The molecule has 0 spiro atoms. The van der Waals surface area contributed by atoms with Crippen molar-refractivity contribution in [1.29, 1.82) is 0 Å². The van der Waals surface area contributed by atoms with Crippen molar-refractivity contribution in [3.8, 4) is 11.1 Å². The van der Waals surface area contributed by atoms with Crippen LogP contribution in [0.5, 0.6) is 0 Å². The minimum atomic E-state index is 0.0900. The summed E-state index contributed by atoms with van der Waals surface area (Å²) in [7, 11) is 0. The van der Waals surface area contributed by atoms with Gasteiger partial charge in [0.05, 0.1) is 18.0 Å². The van der Waals surface area contributed by atoms with E-state index in [1.807, 2.05) is 42.6 Å². The van der Waals surface area contributed by atoms with E-state index in [0.717, 1.165) is 40.9 Å². The highest BCUT2D eigenvalue weighted by atomic mass is 35.5. The van der Waals surface area contributed by atoms with E-state index in [9.17, 15) is 0 Å². The number of ether oxygens (including phenoxy) is 1. The quantitative estimate of drug-likeness (QED) is 0.599. The normalized spacial score (nSPS) is 18.2. The molecule has 2 aromatic carbocycles. The summed E-state index contributed by atoms with van der Waals surface area (Å²) < 4.78 is 6.10. The van der Waals surface area contributed by atoms with E-state index in [-0.39, 0.29) is 11.4 Å². The summed E-state index contributed by atoms with van der Waals surface area (Å²) in [5, 5.41) is 5.30. The molecule has 5 heteroatoms. The molecule has 1 N–H and O–H groups in total. The van der Waals surface area contributed by atoms with Gasteiger partial charge >= 0.3 is 0 Å². The molecule has 0 bridgehead atoms. The van der Waals surface area contributed by atoms with E-state index in [1.54, 1.807) is 11.8 Å². The van der Waals surface area contributed by atoms with Crippen molar-refractivity contribution in [1.82, 2.24) is 10.3 Å². The van der Waals surface area contributed by atoms with Gasteiger partial charge in [-0.3, -0.25) is 0 Å². The molecular weight excluding hydrogens is 376 g/mol. The molecule has 1 unspecified atom stereocenters. The Morgan fingerprint density at radius 2 is 1.78 bits per heavy atom. The molecule has 138 valence electrons. The lowest BCUT2D eigenvalue weighted by atomic mass is 10.1. The van der Waals surface area contributed by atoms with Crippen LogP contribution in [0.25, 0.3) is 11.1 Å². The topological polar surface area (TPSA) is 34.2 Å². The van der Waals surface area contributed by atoms with Gasteiger partial charge in [-0.1, -0.05) is 78.0 Å². The van der Waals surface area contributed by atoms with Crippen molar-refractivity contribution in [2.45, 2.75) is 16.4 Å². The Morgan fingerprint density at radius 3 is 2.56 bits per heavy atom. The zero-order valence-corrected chi connectivity index (χ0v) is 16.4. The first-order valence-corrected chi connectivity index (χ1v) is 10.3. The van der Waals surface area contributed by atoms with Gasteiger partial charge in [0.1, 0.15) is 5.03 Å². The van der Waals surface area contributed by atoms with Crippen LogP contribution in [0, 0.1) is 0 Å². The SMILES string of the molecule is Clc1ccccc1-c1cccnc1SC(c1ccccc1)[C@@H]1CNCCO1. The number of nitrogens with zero attached hydrogens (tertiary/aromatic N) is 1. The van der Waals surface area contributed by atoms with E-state index in [1.165, 1.54) is 5.56 Å². The van der Waals surface area contributed by atoms with Crippen LogP contribution in [0.1, 0.15) is 10.8 Å². The molecule has 2 atom stereocenters. The predicted octanol–water partition coefficient (Wildman–Crippen LogP) is 5.22. The second-order valence-electron chi connectivity index (χ2n) is 6.40. The van der Waals surface area contributed by atoms with Gasteiger partial charge in [-0.05, 0) is 17.7 Å². The molecule has 4 rings (SSSR count). The number of benzene rings is 2. The zero-order chi connectivity index (χ0) is 18.5. The van der Waals surface area contributed by atoms with Crippen LogP contribution in [0.15, 0.2) is 78.0 Å². The van der Waals surface area contributed by atoms with Crippen LogP contribution >= 0.6 is 23.4 Å². The van der Waals surface area contributed by atoms with Crippen molar-refractivity contribution in [2.75, 3.05) is 19.7 Å². The highest BCUT2D eigenvalue weighted by Gasteiger charge is 2.28. The minimum Gasteiger partial charge on any atom is -0.374 e. The lowest BCUT2D eigenvalue weighted by Gasteiger charge is -2.31. The van der Waals surface area contributed by atoms with Crippen LogP contribution in [0.4, 0.5) is 0 Å². The summed E-state index contributed by atoms with van der Waals surface area (Å²) in [5.41, 5.74) is 3.30. The number of morpholine rings is 1. The van der Waals surface area contributed by atoms with Gasteiger partial charge in [0, 0.05) is 35.4 Å². The fourth-order valence-electron chi connectivity index (χ4n) is 3.27. The lowest BCUT2D eigenvalue weighted by molar-refractivity contribution is 0.0273. The van der Waals surface area contributed by atoms with Crippen molar-refractivity contribution in [2.24, 2.45) is 0 Å². The Balaban J connectivity index is 1.71. The highest BCUT2D eigenvalue weighted by molar-refractivity contribution is 7.99. The van der Waals surface area contributed by atoms with Gasteiger partial charge in [0.25, 0.3) is 0 Å². The predicted molar refractivity (Wildman–Crippen MR) is 112 cm³/mol. The van der Waals surface area contributed by atoms with Crippen LogP contribution in [-0.4, -0.2) is 30.8 Å². The second kappa shape index (κ2) is 8.89. The minimum absolute atomic E-state index is 0.0900. The van der Waals surface area contributed by atoms with Crippen LogP contribution in [-0.2, 0) is 4.74 Å². The Kier molecular flexibility index (Phi) is 6.10. The molecule has 1 fully saturated rings. The largest absolute Gasteiger partial charge is 0.374 e. The summed E-state index contributed by atoms with van der Waals surface area (Å²) >= 11 is 8.20. The van der Waals surface area contributed by atoms with Crippen molar-refractivity contribution in [3.05, 3.63) is 83.5 Å². The summed E-state index contributed by atoms with van der Waals surface area (Å²) in [6.45, 7) is 2.46. The second-order valence-corrected chi connectivity index (χ2v) is 7.94. The van der Waals surface area contributed by atoms with Crippen molar-refractivity contribution >= 4 is 23.4 Å². The first kappa shape index (κ1) is 18.5. The summed E-state index contributed by atoms with van der Waals surface area (Å²) in [6, 6.07) is 22.5. The van der Waals surface area contributed by atoms with Gasteiger partial charge in [0.2, 0.25) is 0 Å². The fourth-order valence-corrected chi connectivity index (χ4v) is 4.80. The summed E-state index contributed by atoms with van der Waals surface area (Å²) in [5.74, 6) is 0. The molecule has 3 aromatic rings. The maximum atomic E-state index is 6.46. The third kappa shape index (κ3) is 4.36. The van der Waals surface area contributed by atoms with Gasteiger partial charge in [-0.25, -0.2) is 4.98 Å². The van der Waals surface area contributed by atoms with E-state index >= 15 is 0 Å². The van der Waals surface area contributed by atoms with Crippen LogP contribution < -0.4 is 5.32 Å². The molecule has 3 nitrogen and oxygen atoms in total. The number of pyridine rings is 1. The van der Waals surface area contributed by atoms with Crippen LogP contribution in [0.2, 0.25) is 5.02 Å². The first-order chi connectivity index (χ1) is 13.3. The monoisotopic (exact) mass is 396 g/mol. The molecule has 0 aliphatic carbocycles. The standard InChI is InChI=1S/C22H21ClN2OS/c23-19-11-5-4-9-17(19)18-10-6-12-25-22(18)27-21(16-7-2-1-3-8-16)20-15-24-13-14-26-20/h1-12,20-21,24H,13-15H2/t20-,21?/m0/s1. The number of halogens is 1. The number of aromatic nitrogens is 1. The van der Waals surface area contributed by atoms with Gasteiger partial charge in [-0.15, -0.1) is 0 Å². The average Bonchev–Trinajstić information content (AvgIpc) is 2.74. The molecule has 2 heterocycles. The number of hydrogen-bond donors (Lipinski definition) is 1. The molecule has 1 aliphatic rings. The van der Waals surface area contributed by atoms with Crippen molar-refractivity contribution < 1.29 is 4.74 Å². The first-order valence-electron chi connectivity index (χ1n) is 9.07. The third-order valence-electron chi connectivity index (χ3n) is 4.60. The lowest BCUT2D eigenvalue weighted by Crippen LogP contribution is -2.41. The van der Waals surface area contributed by atoms with E-state index in [0.29, 0.717) is 0 Å². The Morgan fingerprint density at radius 1 is 1.00 bits per heavy atom. The Labute approximate surface area is 169 Å². The number of hydrogen-bond acceptors (Lipinski definition) is 4. The Hall–Kier alpha value is -1.85. The van der Waals surface area contributed by atoms with E-state index in [2.05, 4.69) is 40.6 Å². The zero-order valence-electron chi connectivity index (χ0n) is 14.8. The molecule has 1 aliphatic heterocycles. The summed E-state index contributed by atoms with van der Waals surface area (Å²) in [6.07, 6.45) is 1.93. The van der Waals surface area contributed by atoms with Gasteiger partial charge in [0.15, 0.2) is 0 Å². The fraction of sp³-hybridized carbons (Fsp3) is 0.227. The smallest absolute Gasteiger partial charge is 0.105 e. The number of thioether (sulfide) groups is 1. The third-order valence-corrected chi connectivity index (χ3v) is 6.30. The summed E-state index contributed by atoms with van der Waals surface area (Å²) in [4.78, 5) is 4.68. The Bertz CT molecular complexity index is 884. The van der Waals surface area contributed by atoms with Crippen molar-refractivity contribution in [3.63, 3.8) is 0 Å². The average molecular weight is 397 g/mol. The molecule has 27 heavy (non-hydrogen) atoms. The molecule has 1 aromatic heterocycles. The highest BCUT2D eigenvalue weighted by Crippen LogP contribution is 2.43. The van der Waals surface area contributed by atoms with E-state index < -0.39 is 0 Å². The number of rotatable bonds is 5. The maximum Gasteiger partial charge on any atom is 0.105 e. The molecule has 0 amide bonds. The van der Waals surface area contributed by atoms with Crippen LogP contribution in [0.3, 0.4) is 0 Å². The molecular formula is C22H21ClN2OS. The van der Waals surface area contributed by atoms with E-state index in [4.69, 9.17) is 16.3 Å². The molecule has 1 saturated heterocycles. The molecule has 0 radical (unpaired) electrons. The number of nitrogens with one attached hydrogen (secondary N) is 1.